The molecule has 38 heteroatoms. The third-order valence-electron chi connectivity index (χ3n) is 20.7. The molecule has 0 fully saturated rings. The smallest absolute Gasteiger partial charge is 1.00 e. The van der Waals surface area contributed by atoms with E-state index in [0.717, 1.165) is 117 Å². The zero-order chi connectivity index (χ0) is 107. The second-order valence-corrected chi connectivity index (χ2v) is 60.4. The summed E-state index contributed by atoms with van der Waals surface area (Å²) in [7, 11) is 90.4. The van der Waals surface area contributed by atoms with E-state index in [1.807, 2.05) is 0 Å². The number of alkyl halides is 5. The Balaban J connectivity index is -0.0000000863. The molecule has 0 spiro atoms. The van der Waals surface area contributed by atoms with Gasteiger partial charge in [-0.1, -0.05) is 79.6 Å². The van der Waals surface area contributed by atoms with Crippen LogP contribution < -0.4 is 93.1 Å². The van der Waals surface area contributed by atoms with E-state index < -0.39 is 17.7 Å². The van der Waals surface area contributed by atoms with Crippen molar-refractivity contribution in [1.29, 1.82) is 0 Å². The van der Waals surface area contributed by atoms with Gasteiger partial charge in [-0.2, -0.15) is 0 Å². The quantitative estimate of drug-likeness (QED) is 0.0194. The molecule has 136 heavy (non-hydrogen) atoms. The Hall–Kier alpha value is 5.12. The molecule has 0 aromatic rings. The number of nitrogens with zero attached hydrogens (tertiary/aromatic N) is 18. The summed E-state index contributed by atoms with van der Waals surface area (Å²) in [6.07, 6.45) is 22.5. The predicted octanol–water partition coefficient (Wildman–Crippen LogP) is 0.400. The summed E-state index contributed by atoms with van der Waals surface area (Å²) in [6, 6.07) is 0. The van der Waals surface area contributed by atoms with E-state index >= 15 is 0 Å². The summed E-state index contributed by atoms with van der Waals surface area (Å²) in [6.45, 7) is 38.3. The van der Waals surface area contributed by atoms with E-state index in [2.05, 4.69) is 407 Å². The first-order valence-corrected chi connectivity index (χ1v) is 61.3. The maximum Gasteiger partial charge on any atom is 1.00 e. The maximum atomic E-state index is 11.1. The van der Waals surface area contributed by atoms with Gasteiger partial charge in [0.2, 0.25) is 0 Å². The van der Waals surface area contributed by atoms with Crippen LogP contribution in [0.3, 0.4) is 0 Å². The first-order chi connectivity index (χ1) is 59.2. The fourth-order valence-electron chi connectivity index (χ4n) is 13.1. The van der Waals surface area contributed by atoms with Crippen LogP contribution in [0.1, 0.15) is 124 Å². The van der Waals surface area contributed by atoms with Gasteiger partial charge in [0.05, 0.1) is 384 Å². The average Bonchev–Trinajstić information content (AvgIpc) is 0.894. The Bertz CT molecular complexity index is 2580. The van der Waals surface area contributed by atoms with Crippen LogP contribution in [-0.2, 0) is 29.4 Å². The van der Waals surface area contributed by atoms with Gasteiger partial charge in [0.25, 0.3) is 0 Å². The molecule has 25 nitrogen and oxygen atoms in total. The Morgan fingerprint density at radius 1 is 0.235 bits per heavy atom. The molecule has 0 aromatic carbocycles. The summed E-state index contributed by atoms with van der Waals surface area (Å²) in [5.41, 5.74) is 0. The molecule has 0 unspecified atom stereocenters. The number of halogens is 7. The van der Waals surface area contributed by atoms with Crippen LogP contribution in [0.5, 0.6) is 0 Å². The van der Waals surface area contributed by atoms with Gasteiger partial charge in [0.15, 0.2) is 8.87 Å². The van der Waals surface area contributed by atoms with E-state index in [9.17, 15) is 16.8 Å². The Morgan fingerprint density at radius 3 is 0.478 bits per heavy atom. The monoisotopic (exact) mass is 2510 g/mol. The Labute approximate surface area is 971 Å². The minimum absolute atomic E-state index is 0. The third-order valence-corrected chi connectivity index (χ3v) is 26.2. The van der Waals surface area contributed by atoms with Crippen molar-refractivity contribution >= 4 is 120 Å². The van der Waals surface area contributed by atoms with Gasteiger partial charge in [-0.3, -0.25) is 8.42 Å². The predicted molar refractivity (Wildman–Crippen MR) is 617 cm³/mol. The standard InChI is InChI=1S/C17H42N3O2S2.2C16H39BrN3.2C13H33N3.C7H18N2.C6H15BrN.C3H6Br2.3C2H6O.CH4O2S2.2BrH.2Na/c1-18(2,3)12-9-13-19(4,5)14-10-15-20(6,7)16-11-17-23-24(8,21)22;2*1-18(2,3)12-9-14-20(6,7)16-10-15-19(4,5)13-8-11-17;2*1-14(2)10-8-12-16(6,7)13-9-11-15(3,4)5;1-8(2)6-5-7-9(3)4;1-8(2,3)6-4-5-7;4-2-1-3-5;3*1-2-3;1-5(2,3)4;;;;/h9-17H2,1-8H3;2*8-16H2,1-7H3;2*8-13H2,1-7H3;5-7H2,1-4H3;4-6H2,1-3H3;1-3H2;3*3H,2H2,1H3;1H3,(H,2,3,4);2*1H;;/q3*+3;2*+2;;+1;;;;;;;;2*+1/p-3. The van der Waals surface area contributed by atoms with Crippen molar-refractivity contribution in [3.63, 3.8) is 0 Å². The first-order valence-electron chi connectivity index (χ1n) is 49.5. The van der Waals surface area contributed by atoms with Crippen LogP contribution in [0.2, 0.25) is 0 Å². The van der Waals surface area contributed by atoms with Crippen LogP contribution in [0, 0.1) is 0 Å². The van der Waals surface area contributed by atoms with Gasteiger partial charge in [-0.25, -0.2) is 8.42 Å². The van der Waals surface area contributed by atoms with Crippen molar-refractivity contribution < 1.29 is 188 Å². The number of hydrogen-bond acceptors (Lipinski definition) is 13. The van der Waals surface area contributed by atoms with Crippen molar-refractivity contribution in [1.82, 2.24) is 19.6 Å². The van der Waals surface area contributed by atoms with Crippen molar-refractivity contribution in [2.45, 2.75) is 124 Å². The molecular weight excluding hydrogens is 2270 g/mol. The van der Waals surface area contributed by atoms with Gasteiger partial charge in [0, 0.05) is 177 Å². The molecule has 0 amide bonds. The minimum Gasteiger partial charge on any atom is -1.00 e. The molecule has 0 rings (SSSR count). The van der Waals surface area contributed by atoms with Crippen molar-refractivity contribution in [2.24, 2.45) is 0 Å². The normalized spacial score (nSPS) is 12.3. The van der Waals surface area contributed by atoms with E-state index in [0.29, 0.717) is 5.75 Å². The molecule has 0 atom stereocenters. The summed E-state index contributed by atoms with van der Waals surface area (Å²) in [5, 5.41) is 28.3. The molecule has 0 aliphatic rings. The van der Waals surface area contributed by atoms with Crippen LogP contribution >= 0.6 is 90.4 Å². The molecule has 0 saturated carbocycles. The molecule has 0 radical (unpaired) electrons. The van der Waals surface area contributed by atoms with Gasteiger partial charge < -0.3 is 143 Å². The second-order valence-electron chi connectivity index (χ2n) is 48.6. The fourth-order valence-corrected chi connectivity index (χ4v) is 17.0. The van der Waals surface area contributed by atoms with Gasteiger partial charge in [-0.05, 0) is 114 Å². The van der Waals surface area contributed by atoms with Gasteiger partial charge in [0.1, 0.15) is 0 Å². The van der Waals surface area contributed by atoms with E-state index in [4.69, 9.17) is 15.3 Å². The number of aliphatic hydroxyl groups is 3. The third kappa shape index (κ3) is 200. The van der Waals surface area contributed by atoms with Crippen LogP contribution in [-0.4, -0.2) is 645 Å². The number of hydrogen-bond donors (Lipinski definition) is 3. The van der Waals surface area contributed by atoms with Crippen LogP contribution in [0.15, 0.2) is 0 Å². The van der Waals surface area contributed by atoms with Crippen LogP contribution in [0.25, 0.3) is 0 Å². The Morgan fingerprint density at radius 2 is 0.353 bits per heavy atom. The molecule has 832 valence electrons. The van der Waals surface area contributed by atoms with E-state index in [1.165, 1.54) is 269 Å². The number of rotatable bonds is 60. The van der Waals surface area contributed by atoms with E-state index in [1.54, 1.807) is 20.8 Å². The summed E-state index contributed by atoms with van der Waals surface area (Å²) in [4.78, 5) is 8.96. The van der Waals surface area contributed by atoms with Crippen molar-refractivity contribution in [3.05, 3.63) is 0 Å². The molecule has 3 N–H and O–H groups in total. The zero-order valence-corrected chi connectivity index (χ0v) is 119. The second kappa shape index (κ2) is 99.5. The number of aliphatic hydroxyl groups excluding tert-OH is 3. The Kier molecular flexibility index (Phi) is 129. The first kappa shape index (κ1) is 177. The minimum atomic E-state index is -3.08. The van der Waals surface area contributed by atoms with E-state index in [-0.39, 0.29) is 113 Å². The summed E-state index contributed by atoms with van der Waals surface area (Å²) >= 11 is 20.8. The molecular formula is C98H246Br7N18Na2O7S4+13. The largest absolute Gasteiger partial charge is 1.00 e. The molecule has 0 heterocycles. The van der Waals surface area contributed by atoms with Crippen LogP contribution in [0.4, 0.5) is 0 Å². The fraction of sp³-hybridized carbons (Fsp3) is 1.00. The van der Waals surface area contributed by atoms with Gasteiger partial charge >= 0.3 is 59.1 Å². The topological polar surface area (TPSA) is 142 Å². The summed E-state index contributed by atoms with van der Waals surface area (Å²) < 4.78 is 56.6. The van der Waals surface area contributed by atoms with Crippen molar-refractivity contribution in [2.75, 3.05) is 531 Å². The van der Waals surface area contributed by atoms with Crippen molar-refractivity contribution in [3.8, 4) is 0 Å². The SMILES string of the molecule is BrCCCBr.CCO.CCO.CCO.CN(C)CCCN(C)C.CN(C)CCC[N+](C)(C)CCC[N+](C)(C)C.CN(C)CCC[N+](C)(C)CCC[N+](C)(C)C.CS(=O)(=O)[S-].C[N+](C)(C)CCCBr.C[N+](C)(C)CCC[N+](C)(C)CCC[N+](C)(C)CCCBr.C[N+](C)(C)CCC[N+](C)(C)CCC[N+](C)(C)CCCBr.C[N+](C)(C)CCC[N+](C)(C)CCC[N+](C)(C)CCCSS(C)(=O)=O.[Br-].[Br-].[Na+].[Na+]. The molecule has 0 bridgehead atoms. The summed E-state index contributed by atoms with van der Waals surface area (Å²) in [5.74, 6) is 0.702. The number of quaternary nitrogens is 14. The molecule has 0 aromatic heterocycles. The molecule has 0 saturated heterocycles. The molecule has 0 aliphatic heterocycles. The zero-order valence-electron chi connectivity index (χ0n) is 100. The maximum absolute atomic E-state index is 11.1. The van der Waals surface area contributed by atoms with Gasteiger partial charge in [-0.15, -0.1) is 0 Å². The molecule has 0 aliphatic carbocycles. The average molecular weight is 2520 g/mol.